The highest BCUT2D eigenvalue weighted by atomic mass is 19.4. The van der Waals surface area contributed by atoms with Crippen molar-refractivity contribution in [3.63, 3.8) is 0 Å². The molecule has 0 atom stereocenters. The van der Waals surface area contributed by atoms with Crippen LogP contribution in [-0.2, 0) is 6.18 Å². The van der Waals surface area contributed by atoms with E-state index in [9.17, 15) is 27.9 Å². The van der Waals surface area contributed by atoms with Crippen LogP contribution >= 0.6 is 0 Å². The van der Waals surface area contributed by atoms with E-state index in [1.54, 1.807) is 43.3 Å². The van der Waals surface area contributed by atoms with Crippen LogP contribution in [0, 0.1) is 0 Å². The molecule has 33 heavy (non-hydrogen) atoms. The van der Waals surface area contributed by atoms with E-state index >= 15 is 0 Å². The molecule has 2 aromatic rings. The lowest BCUT2D eigenvalue weighted by molar-refractivity contribution is -0.137. The number of rotatable bonds is 4. The molecule has 1 N–H and O–H groups in total. The SMILES string of the molecule is CCN1C(=O)N(C2=CC(CO)=CCC2)C(=O)N(c2ccccc2)c2cc(C(F)(F)F)ccc21. The summed E-state index contributed by atoms with van der Waals surface area (Å²) < 4.78 is 40.7. The molecule has 4 amide bonds. The van der Waals surface area contributed by atoms with Gasteiger partial charge in [0.25, 0.3) is 0 Å². The van der Waals surface area contributed by atoms with Crippen molar-refractivity contribution >= 4 is 29.1 Å². The molecule has 2 aliphatic rings. The number of nitrogens with zero attached hydrogens (tertiary/aromatic N) is 3. The van der Waals surface area contributed by atoms with Gasteiger partial charge in [0.15, 0.2) is 0 Å². The van der Waals surface area contributed by atoms with Crippen molar-refractivity contribution in [1.29, 1.82) is 0 Å². The number of carbonyl (C=O) groups is 2. The van der Waals surface area contributed by atoms with Gasteiger partial charge in [-0.1, -0.05) is 24.3 Å². The van der Waals surface area contributed by atoms with Gasteiger partial charge in [-0.15, -0.1) is 0 Å². The van der Waals surface area contributed by atoms with E-state index in [1.807, 2.05) is 6.08 Å². The van der Waals surface area contributed by atoms with E-state index in [1.165, 1.54) is 11.0 Å². The van der Waals surface area contributed by atoms with Gasteiger partial charge in [-0.05, 0) is 61.7 Å². The average molecular weight is 457 g/mol. The normalized spacial score (nSPS) is 16.9. The van der Waals surface area contributed by atoms with Crippen LogP contribution in [0.15, 0.2) is 72.0 Å². The predicted molar refractivity (Wildman–Crippen MR) is 118 cm³/mol. The topological polar surface area (TPSA) is 64.1 Å². The number of aliphatic hydroxyl groups is 1. The summed E-state index contributed by atoms with van der Waals surface area (Å²) in [5.74, 6) is 0. The number of urea groups is 2. The standard InChI is InChI=1S/C24H22F3N3O3/c1-2-28-20-12-11-17(24(25,26)27)14-21(20)29(18-8-4-3-5-9-18)23(33)30(22(28)32)19-10-6-7-16(13-19)15-31/h3-5,7-9,11-14,31H,2,6,10,15H2,1H3. The van der Waals surface area contributed by atoms with Crippen LogP contribution in [0.3, 0.4) is 0 Å². The fraction of sp³-hybridized carbons (Fsp3) is 0.250. The largest absolute Gasteiger partial charge is 0.416 e. The number of allylic oxidation sites excluding steroid dienone is 2. The van der Waals surface area contributed by atoms with E-state index in [4.69, 9.17) is 0 Å². The molecule has 0 aromatic heterocycles. The third-order valence-electron chi connectivity index (χ3n) is 5.60. The molecule has 9 heteroatoms. The molecule has 0 radical (unpaired) electrons. The molecule has 4 rings (SSSR count). The monoisotopic (exact) mass is 457 g/mol. The zero-order valence-corrected chi connectivity index (χ0v) is 17.8. The number of alkyl halides is 3. The second-order valence-corrected chi connectivity index (χ2v) is 7.63. The van der Waals surface area contributed by atoms with E-state index in [2.05, 4.69) is 0 Å². The number of imide groups is 1. The average Bonchev–Trinajstić information content (AvgIpc) is 2.89. The zero-order valence-electron chi connectivity index (χ0n) is 17.8. The smallest absolute Gasteiger partial charge is 0.392 e. The summed E-state index contributed by atoms with van der Waals surface area (Å²) in [5, 5.41) is 9.54. The summed E-state index contributed by atoms with van der Waals surface area (Å²) in [5.41, 5.74) is 0.507. The minimum absolute atomic E-state index is 0.0342. The molecule has 0 unspecified atom stereocenters. The van der Waals surface area contributed by atoms with Gasteiger partial charge in [0, 0.05) is 12.2 Å². The molecule has 0 bridgehead atoms. The Labute approximate surface area is 188 Å². The first-order chi connectivity index (χ1) is 15.8. The van der Waals surface area contributed by atoms with Crippen LogP contribution in [0.4, 0.5) is 39.8 Å². The van der Waals surface area contributed by atoms with E-state index in [0.717, 1.165) is 21.9 Å². The first-order valence-electron chi connectivity index (χ1n) is 10.5. The lowest BCUT2D eigenvalue weighted by Gasteiger charge is -2.30. The van der Waals surface area contributed by atoms with Crippen LogP contribution in [0.25, 0.3) is 0 Å². The summed E-state index contributed by atoms with van der Waals surface area (Å²) >= 11 is 0. The van der Waals surface area contributed by atoms with E-state index in [0.29, 0.717) is 29.8 Å². The van der Waals surface area contributed by atoms with Gasteiger partial charge in [0.2, 0.25) is 0 Å². The zero-order chi connectivity index (χ0) is 23.8. The Kier molecular flexibility index (Phi) is 5.99. The number of aliphatic hydroxyl groups excluding tert-OH is 1. The molecule has 0 saturated heterocycles. The first kappa shape index (κ1) is 22.6. The Bertz CT molecular complexity index is 1140. The summed E-state index contributed by atoms with van der Waals surface area (Å²) in [4.78, 5) is 30.8. The highest BCUT2D eigenvalue weighted by Gasteiger charge is 2.41. The molecule has 0 saturated carbocycles. The van der Waals surface area contributed by atoms with Crippen molar-refractivity contribution < 1.29 is 27.9 Å². The Hall–Kier alpha value is -3.59. The molecular formula is C24H22F3N3O3. The fourth-order valence-electron chi connectivity index (χ4n) is 4.03. The molecule has 1 aliphatic heterocycles. The van der Waals surface area contributed by atoms with Gasteiger partial charge in [-0.2, -0.15) is 13.2 Å². The Balaban J connectivity index is 1.96. The van der Waals surface area contributed by atoms with Gasteiger partial charge >= 0.3 is 18.2 Å². The number of hydrogen-bond donors (Lipinski definition) is 1. The van der Waals surface area contributed by atoms with Gasteiger partial charge in [0.1, 0.15) is 0 Å². The third-order valence-corrected chi connectivity index (χ3v) is 5.60. The van der Waals surface area contributed by atoms with Crippen molar-refractivity contribution in [1.82, 2.24) is 4.90 Å². The van der Waals surface area contributed by atoms with Gasteiger partial charge in [-0.3, -0.25) is 9.80 Å². The number of anilines is 3. The molecule has 0 spiro atoms. The van der Waals surface area contributed by atoms with Crippen LogP contribution in [0.2, 0.25) is 0 Å². The maximum Gasteiger partial charge on any atom is 0.416 e. The van der Waals surface area contributed by atoms with Crippen LogP contribution in [0.5, 0.6) is 0 Å². The van der Waals surface area contributed by atoms with Gasteiger partial charge in [-0.25, -0.2) is 14.5 Å². The Morgan fingerprint density at radius 3 is 2.33 bits per heavy atom. The second kappa shape index (κ2) is 8.74. The molecule has 2 aromatic carbocycles. The van der Waals surface area contributed by atoms with E-state index < -0.39 is 23.8 Å². The molecule has 0 fully saturated rings. The number of halogens is 3. The lowest BCUT2D eigenvalue weighted by atomic mass is 10.0. The predicted octanol–water partition coefficient (Wildman–Crippen LogP) is 5.82. The number of carbonyl (C=O) groups excluding carboxylic acids is 2. The van der Waals surface area contributed by atoms with Crippen LogP contribution < -0.4 is 9.80 Å². The minimum atomic E-state index is -4.62. The number of amides is 4. The quantitative estimate of drug-likeness (QED) is 0.629. The van der Waals surface area contributed by atoms with Crippen LogP contribution in [-0.4, -0.2) is 35.2 Å². The third kappa shape index (κ3) is 4.11. The molecule has 1 aliphatic carbocycles. The number of hydrogen-bond acceptors (Lipinski definition) is 3. The highest BCUT2D eigenvalue weighted by molar-refractivity contribution is 6.17. The number of para-hydroxylation sites is 1. The van der Waals surface area contributed by atoms with Gasteiger partial charge < -0.3 is 5.11 Å². The van der Waals surface area contributed by atoms with Crippen molar-refractivity contribution in [3.8, 4) is 0 Å². The second-order valence-electron chi connectivity index (χ2n) is 7.63. The maximum absolute atomic E-state index is 13.8. The molecule has 6 nitrogen and oxygen atoms in total. The maximum atomic E-state index is 13.8. The minimum Gasteiger partial charge on any atom is -0.392 e. The van der Waals surface area contributed by atoms with Crippen LogP contribution in [0.1, 0.15) is 25.3 Å². The molecule has 1 heterocycles. The Morgan fingerprint density at radius 1 is 0.970 bits per heavy atom. The molecular weight excluding hydrogens is 435 g/mol. The van der Waals surface area contributed by atoms with E-state index in [-0.39, 0.29) is 24.5 Å². The molecule has 172 valence electrons. The summed E-state index contributed by atoms with van der Waals surface area (Å²) in [6.45, 7) is 1.57. The van der Waals surface area contributed by atoms with Crippen molar-refractivity contribution in [3.05, 3.63) is 77.5 Å². The summed E-state index contributed by atoms with van der Waals surface area (Å²) in [6.07, 6.45) is -0.354. The highest BCUT2D eigenvalue weighted by Crippen LogP contribution is 2.43. The van der Waals surface area contributed by atoms with Crippen molar-refractivity contribution in [2.75, 3.05) is 23.0 Å². The lowest BCUT2D eigenvalue weighted by Crippen LogP contribution is -2.47. The Morgan fingerprint density at radius 2 is 1.70 bits per heavy atom. The van der Waals surface area contributed by atoms with Gasteiger partial charge in [0.05, 0.1) is 29.2 Å². The van der Waals surface area contributed by atoms with Crippen molar-refractivity contribution in [2.45, 2.75) is 25.9 Å². The number of fused-ring (bicyclic) bond motifs is 1. The summed E-state index contributed by atoms with van der Waals surface area (Å²) in [6, 6.07) is 9.83. The fourth-order valence-corrected chi connectivity index (χ4v) is 4.03. The number of benzene rings is 2. The van der Waals surface area contributed by atoms with Crippen molar-refractivity contribution in [2.24, 2.45) is 0 Å². The summed E-state index contributed by atoms with van der Waals surface area (Å²) in [7, 11) is 0. The first-order valence-corrected chi connectivity index (χ1v) is 10.5.